The van der Waals surface area contributed by atoms with Gasteiger partial charge >= 0.3 is 0 Å². The van der Waals surface area contributed by atoms with Crippen LogP contribution in [0.4, 0.5) is 0 Å². The van der Waals surface area contributed by atoms with Crippen molar-refractivity contribution in [1.82, 2.24) is 15.0 Å². The van der Waals surface area contributed by atoms with Crippen molar-refractivity contribution in [3.63, 3.8) is 0 Å². The first-order valence-corrected chi connectivity index (χ1v) is 13.8. The van der Waals surface area contributed by atoms with E-state index in [0.717, 1.165) is 44.0 Å². The van der Waals surface area contributed by atoms with Crippen molar-refractivity contribution in [2.45, 2.75) is 0 Å². The average Bonchev–Trinajstić information content (AvgIpc) is 3.35. The number of H-pyrrole nitrogens is 1. The highest BCUT2D eigenvalue weighted by atomic mass is 14.7. The lowest BCUT2D eigenvalue weighted by Crippen LogP contribution is -2.10. The summed E-state index contributed by atoms with van der Waals surface area (Å²) in [5.74, 6) is 0. The first-order valence-electron chi connectivity index (χ1n) is 13.8. The molecule has 0 aliphatic carbocycles. The molecule has 0 spiro atoms. The zero-order chi connectivity index (χ0) is 27.2. The Morgan fingerprint density at radius 2 is 1.15 bits per heavy atom. The molecule has 192 valence electrons. The van der Waals surface area contributed by atoms with Crippen molar-refractivity contribution in [3.05, 3.63) is 156 Å². The standard InChI is InChI=1S/C38H25N3/c1-2-11-28-21-34-33(20-27(28)10-1)37(41-38(34)23-36-32-15-6-5-9-26(32)16-17-39-36)19-25-8-7-14-30(18-25)35-22-29-12-3-4-13-31(29)24-40-35/h1-24,41H. The molecule has 1 N–H and O–H groups in total. The van der Waals surface area contributed by atoms with Gasteiger partial charge in [0.25, 0.3) is 0 Å². The van der Waals surface area contributed by atoms with Gasteiger partial charge in [-0.2, -0.15) is 0 Å². The molecular weight excluding hydrogens is 498 g/mol. The lowest BCUT2D eigenvalue weighted by Gasteiger charge is -2.04. The van der Waals surface area contributed by atoms with Crippen LogP contribution in [0.2, 0.25) is 0 Å². The van der Waals surface area contributed by atoms with E-state index in [0.29, 0.717) is 0 Å². The third kappa shape index (κ3) is 4.25. The van der Waals surface area contributed by atoms with Gasteiger partial charge in [-0.05, 0) is 69.6 Å². The topological polar surface area (TPSA) is 41.6 Å². The van der Waals surface area contributed by atoms with E-state index >= 15 is 0 Å². The number of nitrogens with zero attached hydrogens (tertiary/aromatic N) is 2. The summed E-state index contributed by atoms with van der Waals surface area (Å²) < 4.78 is 0. The van der Waals surface area contributed by atoms with Crippen molar-refractivity contribution in [1.29, 1.82) is 0 Å². The molecule has 0 saturated heterocycles. The van der Waals surface area contributed by atoms with Gasteiger partial charge in [0.05, 0.1) is 11.4 Å². The lowest BCUT2D eigenvalue weighted by atomic mass is 10.0. The van der Waals surface area contributed by atoms with E-state index in [2.05, 4.69) is 132 Å². The highest BCUT2D eigenvalue weighted by Gasteiger charge is 2.07. The minimum atomic E-state index is 0.954. The highest BCUT2D eigenvalue weighted by Crippen LogP contribution is 2.24. The second-order valence-corrected chi connectivity index (χ2v) is 10.4. The van der Waals surface area contributed by atoms with E-state index < -0.39 is 0 Å². The summed E-state index contributed by atoms with van der Waals surface area (Å²) >= 11 is 0. The van der Waals surface area contributed by atoms with Crippen LogP contribution in [-0.4, -0.2) is 15.0 Å². The molecule has 0 aliphatic heterocycles. The first kappa shape index (κ1) is 23.4. The fourth-order valence-electron chi connectivity index (χ4n) is 5.78. The Morgan fingerprint density at radius 3 is 1.93 bits per heavy atom. The van der Waals surface area contributed by atoms with Crippen molar-refractivity contribution >= 4 is 55.2 Å². The number of benzene rings is 5. The molecule has 3 heteroatoms. The number of pyridine rings is 2. The van der Waals surface area contributed by atoms with E-state index in [9.17, 15) is 0 Å². The van der Waals surface area contributed by atoms with Gasteiger partial charge in [-0.25, -0.2) is 0 Å². The van der Waals surface area contributed by atoms with Crippen LogP contribution in [0, 0.1) is 0 Å². The molecular formula is C38H25N3. The predicted molar refractivity (Wildman–Crippen MR) is 171 cm³/mol. The van der Waals surface area contributed by atoms with Crippen LogP contribution >= 0.6 is 0 Å². The molecule has 3 aromatic heterocycles. The number of aromatic nitrogens is 3. The van der Waals surface area contributed by atoms with Crippen LogP contribution in [0.5, 0.6) is 0 Å². The molecule has 0 atom stereocenters. The molecule has 0 saturated carbocycles. The highest BCUT2D eigenvalue weighted by molar-refractivity contribution is 6.00. The Kier molecular flexibility index (Phi) is 5.46. The van der Waals surface area contributed by atoms with Crippen LogP contribution in [0.1, 0.15) is 11.3 Å². The summed E-state index contributed by atoms with van der Waals surface area (Å²) in [4.78, 5) is 13.2. The second-order valence-electron chi connectivity index (χ2n) is 10.4. The Bertz CT molecular complexity index is 2380. The molecule has 8 aromatic rings. The van der Waals surface area contributed by atoms with E-state index in [1.54, 1.807) is 0 Å². The van der Waals surface area contributed by atoms with Crippen LogP contribution < -0.4 is 10.7 Å². The molecule has 3 nitrogen and oxygen atoms in total. The minimum absolute atomic E-state index is 0.954. The van der Waals surface area contributed by atoms with Crippen LogP contribution in [0.25, 0.3) is 66.5 Å². The molecule has 0 bridgehead atoms. The molecule has 0 aliphatic rings. The number of rotatable bonds is 3. The quantitative estimate of drug-likeness (QED) is 0.257. The van der Waals surface area contributed by atoms with Crippen molar-refractivity contribution in [2.24, 2.45) is 0 Å². The Labute approximate surface area is 236 Å². The zero-order valence-electron chi connectivity index (χ0n) is 22.3. The molecule has 41 heavy (non-hydrogen) atoms. The van der Waals surface area contributed by atoms with Gasteiger partial charge in [0.15, 0.2) is 0 Å². The predicted octanol–water partition coefficient (Wildman–Crippen LogP) is 7.74. The lowest BCUT2D eigenvalue weighted by molar-refractivity contribution is 1.26. The van der Waals surface area contributed by atoms with Crippen LogP contribution in [0.3, 0.4) is 0 Å². The SMILES string of the molecule is C(c1cccc(-c2cc3ccccc3cn2)c1)=c1[nH]c(=Cc2nccc3ccccc23)c2cc3ccccc3cc12. The van der Waals surface area contributed by atoms with E-state index in [1.807, 2.05) is 18.5 Å². The van der Waals surface area contributed by atoms with Crippen LogP contribution in [0.15, 0.2) is 134 Å². The van der Waals surface area contributed by atoms with Crippen LogP contribution in [-0.2, 0) is 0 Å². The second kappa shape index (κ2) is 9.58. The van der Waals surface area contributed by atoms with Gasteiger partial charge < -0.3 is 4.98 Å². The number of hydrogen-bond donors (Lipinski definition) is 1. The Morgan fingerprint density at radius 1 is 0.488 bits per heavy atom. The van der Waals surface area contributed by atoms with Crippen molar-refractivity contribution in [2.75, 3.05) is 0 Å². The first-order chi connectivity index (χ1) is 20.3. The monoisotopic (exact) mass is 523 g/mol. The summed E-state index contributed by atoms with van der Waals surface area (Å²) in [6.45, 7) is 0. The number of aromatic amines is 1. The van der Waals surface area contributed by atoms with Crippen molar-refractivity contribution in [3.8, 4) is 11.3 Å². The van der Waals surface area contributed by atoms with E-state index in [4.69, 9.17) is 9.97 Å². The Hall–Kier alpha value is -5.54. The minimum Gasteiger partial charge on any atom is -0.354 e. The smallest absolute Gasteiger partial charge is 0.0728 e. The van der Waals surface area contributed by atoms with E-state index in [-0.39, 0.29) is 0 Å². The van der Waals surface area contributed by atoms with Gasteiger partial charge in [0.2, 0.25) is 0 Å². The van der Waals surface area contributed by atoms with E-state index in [1.165, 1.54) is 32.3 Å². The summed E-state index contributed by atoms with van der Waals surface area (Å²) in [5, 5.41) is 11.6. The number of nitrogens with one attached hydrogen (secondary N) is 1. The summed E-state index contributed by atoms with van der Waals surface area (Å²) in [6, 6.07) is 42.6. The normalized spacial score (nSPS) is 12.7. The third-order valence-electron chi connectivity index (χ3n) is 7.85. The number of fused-ring (bicyclic) bond motifs is 4. The molecule has 0 radical (unpaired) electrons. The van der Waals surface area contributed by atoms with Gasteiger partial charge in [-0.15, -0.1) is 0 Å². The maximum absolute atomic E-state index is 4.75. The average molecular weight is 524 g/mol. The van der Waals surface area contributed by atoms with Gasteiger partial charge in [-0.1, -0.05) is 91.0 Å². The van der Waals surface area contributed by atoms with Gasteiger partial charge in [0, 0.05) is 50.2 Å². The largest absolute Gasteiger partial charge is 0.354 e. The number of hydrogen-bond acceptors (Lipinski definition) is 2. The summed E-state index contributed by atoms with van der Waals surface area (Å²) in [5.41, 5.74) is 4.13. The molecule has 0 amide bonds. The zero-order valence-corrected chi connectivity index (χ0v) is 22.3. The maximum Gasteiger partial charge on any atom is 0.0728 e. The maximum atomic E-state index is 4.75. The molecule has 0 fully saturated rings. The molecule has 0 unspecified atom stereocenters. The van der Waals surface area contributed by atoms with Crippen molar-refractivity contribution < 1.29 is 0 Å². The fourth-order valence-corrected chi connectivity index (χ4v) is 5.78. The molecule has 5 aromatic carbocycles. The van der Waals surface area contributed by atoms with Gasteiger partial charge in [-0.3, -0.25) is 9.97 Å². The van der Waals surface area contributed by atoms with Gasteiger partial charge in [0.1, 0.15) is 0 Å². The Balaban J connectivity index is 1.33. The molecule has 3 heterocycles. The molecule has 8 rings (SSSR count). The third-order valence-corrected chi connectivity index (χ3v) is 7.85. The summed E-state index contributed by atoms with van der Waals surface area (Å²) in [6.07, 6.45) is 8.24. The fraction of sp³-hybridized carbons (Fsp3) is 0. The summed E-state index contributed by atoms with van der Waals surface area (Å²) in [7, 11) is 0.